The van der Waals surface area contributed by atoms with Crippen molar-refractivity contribution in [1.29, 1.82) is 0 Å². The first-order valence-corrected chi connectivity index (χ1v) is 7.27. The number of ether oxygens (including phenoxy) is 1. The first-order chi connectivity index (χ1) is 8.69. The topological polar surface area (TPSA) is 52.4 Å². The lowest BCUT2D eigenvalue weighted by molar-refractivity contribution is -0.385. The van der Waals surface area contributed by atoms with Crippen molar-refractivity contribution < 1.29 is 9.66 Å². The Hall–Kier alpha value is -1.10. The van der Waals surface area contributed by atoms with Gasteiger partial charge in [0.15, 0.2) is 5.75 Å². The Morgan fingerprint density at radius 3 is 2.72 bits per heavy atom. The van der Waals surface area contributed by atoms with E-state index in [1.165, 1.54) is 18.9 Å². The van der Waals surface area contributed by atoms with Crippen molar-refractivity contribution in [3.63, 3.8) is 0 Å². The van der Waals surface area contributed by atoms with Crippen molar-refractivity contribution in [3.8, 4) is 5.75 Å². The van der Waals surface area contributed by atoms with Gasteiger partial charge in [0.25, 0.3) is 0 Å². The summed E-state index contributed by atoms with van der Waals surface area (Å²) in [6.07, 6.45) is 4.37. The molecule has 0 heterocycles. The van der Waals surface area contributed by atoms with Crippen LogP contribution in [0.1, 0.15) is 38.2 Å². The molecule has 0 bridgehead atoms. The number of rotatable bonds is 8. The van der Waals surface area contributed by atoms with Gasteiger partial charge < -0.3 is 4.74 Å². The predicted molar refractivity (Wildman–Crippen MR) is 75.4 cm³/mol. The first-order valence-electron chi connectivity index (χ1n) is 6.15. The van der Waals surface area contributed by atoms with Crippen LogP contribution in [0.15, 0.2) is 18.2 Å². The first kappa shape index (κ1) is 15.0. The maximum absolute atomic E-state index is 10.9. The molecule has 0 saturated heterocycles. The average Bonchev–Trinajstić information content (AvgIpc) is 2.38. The van der Waals surface area contributed by atoms with Crippen LogP contribution in [0.4, 0.5) is 5.69 Å². The van der Waals surface area contributed by atoms with Gasteiger partial charge in [-0.1, -0.05) is 48.2 Å². The van der Waals surface area contributed by atoms with Gasteiger partial charge in [0.1, 0.15) is 0 Å². The second-order valence-electron chi connectivity index (χ2n) is 4.10. The van der Waals surface area contributed by atoms with E-state index in [4.69, 9.17) is 4.74 Å². The number of nitro benzene ring substituents is 1. The van der Waals surface area contributed by atoms with Gasteiger partial charge in [-0.05, 0) is 18.1 Å². The second kappa shape index (κ2) is 8.08. The van der Waals surface area contributed by atoms with E-state index in [-0.39, 0.29) is 5.69 Å². The van der Waals surface area contributed by atoms with Crippen LogP contribution in [-0.2, 0) is 5.33 Å². The fourth-order valence-corrected chi connectivity index (χ4v) is 1.97. The lowest BCUT2D eigenvalue weighted by Gasteiger charge is -2.07. The monoisotopic (exact) mass is 315 g/mol. The van der Waals surface area contributed by atoms with Crippen LogP contribution < -0.4 is 4.74 Å². The Morgan fingerprint density at radius 1 is 1.33 bits per heavy atom. The zero-order chi connectivity index (χ0) is 13.4. The molecule has 0 aliphatic rings. The number of benzene rings is 1. The summed E-state index contributed by atoms with van der Waals surface area (Å²) in [7, 11) is 0. The van der Waals surface area contributed by atoms with E-state index in [0.717, 1.165) is 18.4 Å². The summed E-state index contributed by atoms with van der Waals surface area (Å²) in [6.45, 7) is 2.68. The molecule has 100 valence electrons. The molecule has 0 aliphatic carbocycles. The van der Waals surface area contributed by atoms with E-state index in [1.807, 2.05) is 0 Å². The molecule has 0 aliphatic heterocycles. The number of nitro groups is 1. The predicted octanol–water partition coefficient (Wildman–Crippen LogP) is 4.45. The fourth-order valence-electron chi connectivity index (χ4n) is 1.62. The van der Waals surface area contributed by atoms with Gasteiger partial charge in [-0.25, -0.2) is 0 Å². The molecule has 18 heavy (non-hydrogen) atoms. The van der Waals surface area contributed by atoms with Crippen LogP contribution in [0.3, 0.4) is 0 Å². The van der Waals surface area contributed by atoms with Gasteiger partial charge in [0.05, 0.1) is 11.5 Å². The number of hydrogen-bond acceptors (Lipinski definition) is 3. The van der Waals surface area contributed by atoms with Crippen LogP contribution in [0.5, 0.6) is 5.75 Å². The zero-order valence-electron chi connectivity index (χ0n) is 10.5. The lowest BCUT2D eigenvalue weighted by Crippen LogP contribution is -2.01. The molecule has 5 heteroatoms. The number of hydrogen-bond donors (Lipinski definition) is 0. The second-order valence-corrected chi connectivity index (χ2v) is 4.66. The Balaban J connectivity index is 2.63. The summed E-state index contributed by atoms with van der Waals surface area (Å²) in [4.78, 5) is 10.5. The highest BCUT2D eigenvalue weighted by Crippen LogP contribution is 2.29. The largest absolute Gasteiger partial charge is 0.487 e. The van der Waals surface area contributed by atoms with Crippen LogP contribution in [0.2, 0.25) is 0 Å². The maximum Gasteiger partial charge on any atom is 0.310 e. The molecule has 0 aromatic heterocycles. The SMILES string of the molecule is CCCCCCOc1cc(CBr)ccc1[N+](=O)[O-]. The molecule has 0 N–H and O–H groups in total. The summed E-state index contributed by atoms with van der Waals surface area (Å²) in [5, 5.41) is 11.5. The smallest absolute Gasteiger partial charge is 0.310 e. The van der Waals surface area contributed by atoms with Gasteiger partial charge >= 0.3 is 5.69 Å². The highest BCUT2D eigenvalue weighted by Gasteiger charge is 2.15. The summed E-state index contributed by atoms with van der Waals surface area (Å²) in [5.41, 5.74) is 1.01. The van der Waals surface area contributed by atoms with Crippen LogP contribution >= 0.6 is 15.9 Å². The van der Waals surface area contributed by atoms with E-state index in [2.05, 4.69) is 22.9 Å². The minimum Gasteiger partial charge on any atom is -0.487 e. The number of nitrogens with zero attached hydrogens (tertiary/aromatic N) is 1. The highest BCUT2D eigenvalue weighted by atomic mass is 79.9. The molecule has 0 amide bonds. The molecule has 1 rings (SSSR count). The maximum atomic E-state index is 10.9. The van der Waals surface area contributed by atoms with E-state index < -0.39 is 4.92 Å². The summed E-state index contributed by atoms with van der Waals surface area (Å²) in [6, 6.07) is 4.96. The van der Waals surface area contributed by atoms with Gasteiger partial charge in [0, 0.05) is 11.4 Å². The lowest BCUT2D eigenvalue weighted by atomic mass is 10.2. The Bertz CT molecular complexity index is 396. The Kier molecular flexibility index (Phi) is 6.72. The van der Waals surface area contributed by atoms with Gasteiger partial charge in [-0.2, -0.15) is 0 Å². The van der Waals surface area contributed by atoms with Crippen molar-refractivity contribution in [3.05, 3.63) is 33.9 Å². The standard InChI is InChI=1S/C13H18BrNO3/c1-2-3-4-5-8-18-13-9-11(10-14)6-7-12(13)15(16)17/h6-7,9H,2-5,8,10H2,1H3. The molecule has 0 radical (unpaired) electrons. The van der Waals surface area contributed by atoms with E-state index in [0.29, 0.717) is 17.7 Å². The van der Waals surface area contributed by atoms with Crippen molar-refractivity contribution >= 4 is 21.6 Å². The van der Waals surface area contributed by atoms with Gasteiger partial charge in [-0.3, -0.25) is 10.1 Å². The summed E-state index contributed by atoms with van der Waals surface area (Å²) in [5.74, 6) is 0.369. The van der Waals surface area contributed by atoms with Crippen molar-refractivity contribution in [2.24, 2.45) is 0 Å². The van der Waals surface area contributed by atoms with E-state index in [1.54, 1.807) is 12.1 Å². The molecule has 1 aromatic carbocycles. The molecular weight excluding hydrogens is 298 g/mol. The average molecular weight is 316 g/mol. The Morgan fingerprint density at radius 2 is 2.11 bits per heavy atom. The molecule has 0 atom stereocenters. The normalized spacial score (nSPS) is 10.3. The molecular formula is C13H18BrNO3. The molecule has 4 nitrogen and oxygen atoms in total. The molecule has 1 aromatic rings. The van der Waals surface area contributed by atoms with E-state index >= 15 is 0 Å². The molecule has 0 fully saturated rings. The molecule has 0 spiro atoms. The Labute approximate surface area is 116 Å². The van der Waals surface area contributed by atoms with Crippen LogP contribution in [0, 0.1) is 10.1 Å². The third-order valence-corrected chi connectivity index (χ3v) is 3.28. The fraction of sp³-hybridized carbons (Fsp3) is 0.538. The quantitative estimate of drug-likeness (QED) is 0.308. The van der Waals surface area contributed by atoms with Crippen molar-refractivity contribution in [2.75, 3.05) is 6.61 Å². The number of unbranched alkanes of at least 4 members (excludes halogenated alkanes) is 3. The van der Waals surface area contributed by atoms with E-state index in [9.17, 15) is 10.1 Å². The highest BCUT2D eigenvalue weighted by molar-refractivity contribution is 9.08. The van der Waals surface area contributed by atoms with Crippen LogP contribution in [0.25, 0.3) is 0 Å². The molecule has 0 saturated carbocycles. The van der Waals surface area contributed by atoms with Gasteiger partial charge in [-0.15, -0.1) is 0 Å². The third-order valence-electron chi connectivity index (χ3n) is 2.63. The third kappa shape index (κ3) is 4.64. The number of halogens is 1. The van der Waals surface area contributed by atoms with Crippen molar-refractivity contribution in [2.45, 2.75) is 37.9 Å². The zero-order valence-corrected chi connectivity index (χ0v) is 12.1. The number of alkyl halides is 1. The van der Waals surface area contributed by atoms with Crippen LogP contribution in [-0.4, -0.2) is 11.5 Å². The minimum atomic E-state index is -0.403. The summed E-state index contributed by atoms with van der Waals surface area (Å²) < 4.78 is 5.53. The van der Waals surface area contributed by atoms with Gasteiger partial charge in [0.2, 0.25) is 0 Å². The minimum absolute atomic E-state index is 0.0372. The molecule has 0 unspecified atom stereocenters. The summed E-state index contributed by atoms with van der Waals surface area (Å²) >= 11 is 3.33. The van der Waals surface area contributed by atoms with Crippen molar-refractivity contribution in [1.82, 2.24) is 0 Å².